The molecule has 1 aromatic carbocycles. The molecule has 4 heterocycles. The van der Waals surface area contributed by atoms with Crippen molar-refractivity contribution in [3.8, 4) is 0 Å². The second kappa shape index (κ2) is 8.04. The Labute approximate surface area is 174 Å². The maximum absolute atomic E-state index is 5.06. The zero-order valence-corrected chi connectivity index (χ0v) is 17.9. The second-order valence-corrected chi connectivity index (χ2v) is 9.16. The summed E-state index contributed by atoms with van der Waals surface area (Å²) in [7, 11) is 4.39. The molecule has 5 rings (SSSR count). The Bertz CT molecular complexity index is 880. The summed E-state index contributed by atoms with van der Waals surface area (Å²) in [6.07, 6.45) is 9.34. The van der Waals surface area contributed by atoms with Crippen LogP contribution in [0.5, 0.6) is 0 Å². The average Bonchev–Trinajstić information content (AvgIpc) is 2.74. The van der Waals surface area contributed by atoms with Crippen molar-refractivity contribution in [1.29, 1.82) is 0 Å². The number of likely N-dealkylation sites (tertiary alicyclic amines) is 1. The van der Waals surface area contributed by atoms with Crippen LogP contribution in [0, 0.1) is 0 Å². The molecule has 5 nitrogen and oxygen atoms in total. The fourth-order valence-corrected chi connectivity index (χ4v) is 5.28. The highest BCUT2D eigenvalue weighted by molar-refractivity contribution is 5.56. The van der Waals surface area contributed by atoms with E-state index in [4.69, 9.17) is 9.97 Å². The molecule has 0 spiro atoms. The predicted octanol–water partition coefficient (Wildman–Crippen LogP) is 3.57. The van der Waals surface area contributed by atoms with E-state index < -0.39 is 0 Å². The van der Waals surface area contributed by atoms with Crippen LogP contribution in [-0.2, 0) is 25.9 Å². The number of hydrogen-bond donors (Lipinski definition) is 0. The number of aromatic nitrogens is 2. The quantitative estimate of drug-likeness (QED) is 0.799. The van der Waals surface area contributed by atoms with Gasteiger partial charge in [-0.1, -0.05) is 18.6 Å². The van der Waals surface area contributed by atoms with Crippen molar-refractivity contribution >= 4 is 5.69 Å². The van der Waals surface area contributed by atoms with E-state index in [1.807, 2.05) is 0 Å². The van der Waals surface area contributed by atoms with Gasteiger partial charge in [-0.05, 0) is 56.5 Å². The van der Waals surface area contributed by atoms with Crippen molar-refractivity contribution in [1.82, 2.24) is 19.8 Å². The maximum Gasteiger partial charge on any atom is 0.145 e. The minimum absolute atomic E-state index is 0.354. The molecule has 0 N–H and O–H groups in total. The summed E-state index contributed by atoms with van der Waals surface area (Å²) in [6.45, 7) is 5.40. The minimum atomic E-state index is 0.354. The van der Waals surface area contributed by atoms with E-state index in [2.05, 4.69) is 53.2 Å². The van der Waals surface area contributed by atoms with Gasteiger partial charge < -0.3 is 9.80 Å². The van der Waals surface area contributed by atoms with Crippen molar-refractivity contribution in [2.75, 3.05) is 38.6 Å². The number of aryl methyl sites for hydroxylation is 1. The van der Waals surface area contributed by atoms with Gasteiger partial charge in [0.15, 0.2) is 0 Å². The third-order valence-corrected chi connectivity index (χ3v) is 6.94. The van der Waals surface area contributed by atoms with Crippen LogP contribution >= 0.6 is 0 Å². The number of benzene rings is 1. The topological polar surface area (TPSA) is 35.5 Å². The lowest BCUT2D eigenvalue weighted by atomic mass is 9.97. The zero-order chi connectivity index (χ0) is 19.8. The lowest BCUT2D eigenvalue weighted by Gasteiger charge is -2.36. The Kier molecular flexibility index (Phi) is 5.27. The lowest BCUT2D eigenvalue weighted by molar-refractivity contribution is 0.133. The van der Waals surface area contributed by atoms with Gasteiger partial charge in [0.1, 0.15) is 5.82 Å². The van der Waals surface area contributed by atoms with Gasteiger partial charge in [0, 0.05) is 62.8 Å². The molecule has 0 amide bonds. The van der Waals surface area contributed by atoms with E-state index in [0.29, 0.717) is 6.04 Å². The fraction of sp³-hybridized carbons (Fsp3) is 0.583. The van der Waals surface area contributed by atoms with Crippen LogP contribution in [0.2, 0.25) is 0 Å². The van der Waals surface area contributed by atoms with Crippen LogP contribution in [0.3, 0.4) is 0 Å². The number of hydrogen-bond acceptors (Lipinski definition) is 5. The van der Waals surface area contributed by atoms with E-state index in [-0.39, 0.29) is 0 Å². The molecule has 0 bridgehead atoms. The van der Waals surface area contributed by atoms with Crippen LogP contribution in [0.25, 0.3) is 0 Å². The highest BCUT2D eigenvalue weighted by atomic mass is 15.2. The molecule has 0 saturated carbocycles. The summed E-state index contributed by atoms with van der Waals surface area (Å²) in [5, 5.41) is 0. The van der Waals surface area contributed by atoms with Gasteiger partial charge in [-0.2, -0.15) is 0 Å². The first-order valence-electron chi connectivity index (χ1n) is 11.3. The van der Waals surface area contributed by atoms with Gasteiger partial charge >= 0.3 is 0 Å². The molecule has 1 atom stereocenters. The number of rotatable bonds is 3. The fourth-order valence-electron chi connectivity index (χ4n) is 5.28. The van der Waals surface area contributed by atoms with Crippen molar-refractivity contribution in [3.63, 3.8) is 0 Å². The number of likely N-dealkylation sites (N-methyl/N-ethyl adjacent to an activating group) is 1. The highest BCUT2D eigenvalue weighted by Crippen LogP contribution is 2.33. The number of piperidine rings is 1. The van der Waals surface area contributed by atoms with Gasteiger partial charge in [0.2, 0.25) is 0 Å². The predicted molar refractivity (Wildman–Crippen MR) is 117 cm³/mol. The van der Waals surface area contributed by atoms with Crippen LogP contribution < -0.4 is 4.90 Å². The Morgan fingerprint density at radius 3 is 2.86 bits per heavy atom. The Balaban J connectivity index is 1.37. The average molecular weight is 392 g/mol. The van der Waals surface area contributed by atoms with E-state index in [0.717, 1.165) is 38.4 Å². The van der Waals surface area contributed by atoms with Gasteiger partial charge in [0.05, 0.1) is 6.04 Å². The molecule has 0 radical (unpaired) electrons. The minimum Gasteiger partial charge on any atom is -0.374 e. The first-order valence-corrected chi connectivity index (χ1v) is 11.3. The molecule has 1 aromatic heterocycles. The summed E-state index contributed by atoms with van der Waals surface area (Å²) in [5.41, 5.74) is 6.95. The van der Waals surface area contributed by atoms with Gasteiger partial charge in [-0.3, -0.25) is 4.90 Å². The number of anilines is 1. The highest BCUT2D eigenvalue weighted by Gasteiger charge is 2.28. The van der Waals surface area contributed by atoms with Crippen molar-refractivity contribution in [3.05, 3.63) is 52.6 Å². The van der Waals surface area contributed by atoms with Crippen LogP contribution in [0.1, 0.15) is 59.9 Å². The molecular weight excluding hydrogens is 358 g/mol. The second-order valence-electron chi connectivity index (χ2n) is 9.16. The number of fused-ring (bicyclic) bond motifs is 2. The summed E-state index contributed by atoms with van der Waals surface area (Å²) >= 11 is 0. The Morgan fingerprint density at radius 2 is 1.93 bits per heavy atom. The third kappa shape index (κ3) is 3.90. The lowest BCUT2D eigenvalue weighted by Crippen LogP contribution is -2.35. The zero-order valence-electron chi connectivity index (χ0n) is 17.9. The molecular formula is C24H33N5. The van der Waals surface area contributed by atoms with Crippen LogP contribution in [0.4, 0.5) is 5.69 Å². The third-order valence-electron chi connectivity index (χ3n) is 6.94. The summed E-state index contributed by atoms with van der Waals surface area (Å²) in [6, 6.07) is 7.46. The van der Waals surface area contributed by atoms with Crippen LogP contribution in [-0.4, -0.2) is 53.5 Å². The Hall–Kier alpha value is -1.98. The summed E-state index contributed by atoms with van der Waals surface area (Å²) in [4.78, 5) is 17.3. The smallest absolute Gasteiger partial charge is 0.145 e. The first kappa shape index (κ1) is 19.0. The van der Waals surface area contributed by atoms with E-state index >= 15 is 0 Å². The molecule has 1 saturated heterocycles. The standard InChI is InChI=1S/C24H33N5/c1-27-13-10-21-20(17-27)15-25-24(26-21)23-7-3-4-12-29(23)16-18-8-9-22-19(14-18)6-5-11-28(22)2/h8-9,14-15,23H,3-7,10-13,16-17H2,1-2H3/t23-/m0/s1. The van der Waals surface area contributed by atoms with E-state index in [9.17, 15) is 0 Å². The molecule has 1 fully saturated rings. The summed E-state index contributed by atoms with van der Waals surface area (Å²) < 4.78 is 0. The molecule has 0 aliphatic carbocycles. The molecule has 154 valence electrons. The maximum atomic E-state index is 5.06. The molecule has 0 unspecified atom stereocenters. The van der Waals surface area contributed by atoms with Gasteiger partial charge in [-0.25, -0.2) is 9.97 Å². The largest absolute Gasteiger partial charge is 0.374 e. The molecule has 3 aliphatic heterocycles. The Morgan fingerprint density at radius 1 is 1.00 bits per heavy atom. The van der Waals surface area contributed by atoms with Crippen LogP contribution in [0.15, 0.2) is 24.4 Å². The van der Waals surface area contributed by atoms with Gasteiger partial charge in [-0.15, -0.1) is 0 Å². The van der Waals surface area contributed by atoms with Crippen molar-refractivity contribution in [2.24, 2.45) is 0 Å². The monoisotopic (exact) mass is 391 g/mol. The molecule has 5 heteroatoms. The van der Waals surface area contributed by atoms with Gasteiger partial charge in [0.25, 0.3) is 0 Å². The van der Waals surface area contributed by atoms with E-state index in [1.54, 1.807) is 0 Å². The molecule has 3 aliphatic rings. The number of nitrogens with zero attached hydrogens (tertiary/aromatic N) is 5. The SMILES string of the molecule is CN1CCc2nc([C@@H]3CCCCN3Cc3ccc4c(c3)CCCN4C)ncc2C1. The normalized spacial score (nSPS) is 23.0. The van der Waals surface area contributed by atoms with Crippen molar-refractivity contribution < 1.29 is 0 Å². The van der Waals surface area contributed by atoms with Crippen molar-refractivity contribution in [2.45, 2.75) is 57.7 Å². The molecule has 2 aromatic rings. The molecule has 29 heavy (non-hydrogen) atoms. The van der Waals surface area contributed by atoms with E-state index in [1.165, 1.54) is 66.7 Å². The summed E-state index contributed by atoms with van der Waals surface area (Å²) in [5.74, 6) is 1.05. The first-order chi connectivity index (χ1) is 14.2.